The van der Waals surface area contributed by atoms with E-state index in [4.69, 9.17) is 0 Å². The maximum Gasteiger partial charge on any atom is 0.160 e. The minimum absolute atomic E-state index is 0.433. The molecule has 2 aromatic rings. The summed E-state index contributed by atoms with van der Waals surface area (Å²) in [6.45, 7) is 13.1. The molecule has 0 saturated carbocycles. The Bertz CT molecular complexity index is 613. The molecule has 0 aliphatic heterocycles. The number of nitrogens with one attached hydrogen (secondary N) is 1. The van der Waals surface area contributed by atoms with Gasteiger partial charge in [0.2, 0.25) is 0 Å². The predicted octanol–water partition coefficient (Wildman–Crippen LogP) is 2.39. The summed E-state index contributed by atoms with van der Waals surface area (Å²) < 4.78 is 1.84. The average molecular weight is 273 g/mol. The van der Waals surface area contributed by atoms with Gasteiger partial charge in [-0.15, -0.1) is 5.10 Å². The fourth-order valence-electron chi connectivity index (χ4n) is 2.27. The Labute approximate surface area is 120 Å². The summed E-state index contributed by atoms with van der Waals surface area (Å²) in [6.07, 6.45) is 0. The topological polar surface area (TPSA) is 55.6 Å². The second-order valence-corrected chi connectivity index (χ2v) is 5.54. The van der Waals surface area contributed by atoms with Crippen LogP contribution in [0.15, 0.2) is 6.07 Å². The molecule has 0 amide bonds. The van der Waals surface area contributed by atoms with Gasteiger partial charge in [0.25, 0.3) is 0 Å². The number of hydrogen-bond acceptors (Lipinski definition) is 4. The minimum atomic E-state index is 0.433. The molecule has 0 aromatic carbocycles. The highest BCUT2D eigenvalue weighted by molar-refractivity contribution is 5.41. The van der Waals surface area contributed by atoms with E-state index in [9.17, 15) is 0 Å². The molecule has 20 heavy (non-hydrogen) atoms. The SMILES string of the molecule is Cc1cc(C)c(CNC(C)C)c(-n2nc(C)nc2C)n1. The summed E-state index contributed by atoms with van der Waals surface area (Å²) in [6, 6.07) is 2.54. The molecule has 0 unspecified atom stereocenters. The van der Waals surface area contributed by atoms with Gasteiger partial charge in [0, 0.05) is 23.8 Å². The van der Waals surface area contributed by atoms with Crippen LogP contribution in [0, 0.1) is 27.7 Å². The van der Waals surface area contributed by atoms with Crippen LogP contribution in [0.2, 0.25) is 0 Å². The quantitative estimate of drug-likeness (QED) is 0.929. The fourth-order valence-corrected chi connectivity index (χ4v) is 2.27. The van der Waals surface area contributed by atoms with Crippen LogP contribution in [-0.2, 0) is 6.54 Å². The Morgan fingerprint density at radius 3 is 2.40 bits per heavy atom. The summed E-state index contributed by atoms with van der Waals surface area (Å²) in [5.41, 5.74) is 3.41. The number of pyridine rings is 1. The molecule has 2 heterocycles. The Balaban J connectivity index is 2.52. The number of rotatable bonds is 4. The second kappa shape index (κ2) is 5.71. The highest BCUT2D eigenvalue weighted by atomic mass is 15.4. The zero-order valence-electron chi connectivity index (χ0n) is 13.2. The van der Waals surface area contributed by atoms with E-state index in [1.807, 2.05) is 25.5 Å². The Morgan fingerprint density at radius 2 is 1.85 bits per heavy atom. The van der Waals surface area contributed by atoms with Gasteiger partial charge in [-0.2, -0.15) is 4.68 Å². The number of nitrogens with zero attached hydrogens (tertiary/aromatic N) is 4. The highest BCUT2D eigenvalue weighted by Gasteiger charge is 2.14. The second-order valence-electron chi connectivity index (χ2n) is 5.54. The molecule has 5 heteroatoms. The van der Waals surface area contributed by atoms with Crippen molar-refractivity contribution in [2.45, 2.75) is 54.1 Å². The van der Waals surface area contributed by atoms with E-state index in [1.54, 1.807) is 0 Å². The number of aryl methyl sites for hydroxylation is 4. The van der Waals surface area contributed by atoms with Crippen molar-refractivity contribution in [2.75, 3.05) is 0 Å². The molecule has 0 saturated heterocycles. The summed E-state index contributed by atoms with van der Waals surface area (Å²) in [7, 11) is 0. The standard InChI is InChI=1S/C15H23N5/c1-9(2)16-8-14-10(3)7-11(4)17-15(14)20-13(6)18-12(5)19-20/h7,9,16H,8H2,1-6H3. The lowest BCUT2D eigenvalue weighted by atomic mass is 10.1. The van der Waals surface area contributed by atoms with E-state index in [0.29, 0.717) is 6.04 Å². The van der Waals surface area contributed by atoms with E-state index < -0.39 is 0 Å². The van der Waals surface area contributed by atoms with Crippen molar-refractivity contribution in [3.63, 3.8) is 0 Å². The van der Waals surface area contributed by atoms with Crippen molar-refractivity contribution in [2.24, 2.45) is 0 Å². The van der Waals surface area contributed by atoms with Gasteiger partial charge >= 0.3 is 0 Å². The molecule has 0 fully saturated rings. The minimum Gasteiger partial charge on any atom is -0.310 e. The first-order chi connectivity index (χ1) is 9.38. The third-order valence-electron chi connectivity index (χ3n) is 3.22. The predicted molar refractivity (Wildman–Crippen MR) is 80.1 cm³/mol. The smallest absolute Gasteiger partial charge is 0.160 e. The Morgan fingerprint density at radius 1 is 1.15 bits per heavy atom. The first kappa shape index (κ1) is 14.7. The monoisotopic (exact) mass is 273 g/mol. The summed E-state index contributed by atoms with van der Waals surface area (Å²) in [4.78, 5) is 9.05. The first-order valence-corrected chi connectivity index (χ1v) is 6.99. The van der Waals surface area contributed by atoms with Crippen LogP contribution < -0.4 is 5.32 Å². The normalized spacial score (nSPS) is 11.3. The zero-order chi connectivity index (χ0) is 14.9. The highest BCUT2D eigenvalue weighted by Crippen LogP contribution is 2.18. The molecule has 0 atom stereocenters. The van der Waals surface area contributed by atoms with Gasteiger partial charge in [0.15, 0.2) is 5.82 Å². The van der Waals surface area contributed by atoms with Gasteiger partial charge in [0.05, 0.1) is 0 Å². The van der Waals surface area contributed by atoms with Crippen molar-refractivity contribution in [1.29, 1.82) is 0 Å². The molecule has 0 spiro atoms. The van der Waals surface area contributed by atoms with Gasteiger partial charge < -0.3 is 5.32 Å². The fraction of sp³-hybridized carbons (Fsp3) is 0.533. The third kappa shape index (κ3) is 3.04. The van der Waals surface area contributed by atoms with Crippen molar-refractivity contribution in [3.8, 4) is 5.82 Å². The molecule has 5 nitrogen and oxygen atoms in total. The van der Waals surface area contributed by atoms with E-state index in [-0.39, 0.29) is 0 Å². The average Bonchev–Trinajstić information content (AvgIpc) is 2.66. The van der Waals surface area contributed by atoms with Crippen LogP contribution in [-0.4, -0.2) is 25.8 Å². The molecule has 0 bridgehead atoms. The van der Waals surface area contributed by atoms with Gasteiger partial charge in [-0.3, -0.25) is 0 Å². The summed E-state index contributed by atoms with van der Waals surface area (Å²) >= 11 is 0. The molecule has 2 aromatic heterocycles. The van der Waals surface area contributed by atoms with Crippen LogP contribution in [0.1, 0.15) is 42.3 Å². The lowest BCUT2D eigenvalue weighted by Crippen LogP contribution is -2.24. The maximum absolute atomic E-state index is 4.68. The van der Waals surface area contributed by atoms with Gasteiger partial charge in [-0.1, -0.05) is 13.8 Å². The van der Waals surface area contributed by atoms with Crippen LogP contribution in [0.3, 0.4) is 0 Å². The van der Waals surface area contributed by atoms with E-state index >= 15 is 0 Å². The lowest BCUT2D eigenvalue weighted by molar-refractivity contribution is 0.582. The number of hydrogen-bond donors (Lipinski definition) is 1. The van der Waals surface area contributed by atoms with Crippen molar-refractivity contribution in [1.82, 2.24) is 25.1 Å². The molecule has 0 radical (unpaired) electrons. The molecule has 2 rings (SSSR count). The Hall–Kier alpha value is -1.75. The van der Waals surface area contributed by atoms with Gasteiger partial charge in [0.1, 0.15) is 11.6 Å². The van der Waals surface area contributed by atoms with E-state index in [1.165, 1.54) is 11.1 Å². The van der Waals surface area contributed by atoms with Crippen molar-refractivity contribution in [3.05, 3.63) is 34.5 Å². The maximum atomic E-state index is 4.68. The largest absolute Gasteiger partial charge is 0.310 e. The van der Waals surface area contributed by atoms with Crippen LogP contribution in [0.25, 0.3) is 5.82 Å². The van der Waals surface area contributed by atoms with E-state index in [2.05, 4.69) is 47.2 Å². The summed E-state index contributed by atoms with van der Waals surface area (Å²) in [5.74, 6) is 2.52. The number of aromatic nitrogens is 4. The molecule has 0 aliphatic rings. The van der Waals surface area contributed by atoms with Crippen molar-refractivity contribution >= 4 is 0 Å². The first-order valence-electron chi connectivity index (χ1n) is 6.99. The lowest BCUT2D eigenvalue weighted by Gasteiger charge is -2.15. The van der Waals surface area contributed by atoms with Crippen LogP contribution in [0.5, 0.6) is 0 Å². The van der Waals surface area contributed by atoms with Gasteiger partial charge in [-0.25, -0.2) is 9.97 Å². The van der Waals surface area contributed by atoms with Crippen LogP contribution in [0.4, 0.5) is 0 Å². The van der Waals surface area contributed by atoms with Crippen molar-refractivity contribution < 1.29 is 0 Å². The molecule has 1 N–H and O–H groups in total. The van der Waals surface area contributed by atoms with E-state index in [0.717, 1.165) is 29.7 Å². The Kier molecular flexibility index (Phi) is 4.18. The third-order valence-corrected chi connectivity index (χ3v) is 3.22. The zero-order valence-corrected chi connectivity index (χ0v) is 13.2. The molecular weight excluding hydrogens is 250 g/mol. The molecule has 108 valence electrons. The van der Waals surface area contributed by atoms with Crippen LogP contribution >= 0.6 is 0 Å². The summed E-state index contributed by atoms with van der Waals surface area (Å²) in [5, 5.41) is 7.92. The molecule has 0 aliphatic carbocycles. The van der Waals surface area contributed by atoms with Gasteiger partial charge in [-0.05, 0) is 39.3 Å². The molecular formula is C15H23N5.